The fourth-order valence-electron chi connectivity index (χ4n) is 2.10. The predicted molar refractivity (Wildman–Crippen MR) is 70.0 cm³/mol. The van der Waals surface area contributed by atoms with E-state index in [2.05, 4.69) is 10.2 Å². The van der Waals surface area contributed by atoms with Crippen molar-refractivity contribution in [2.75, 3.05) is 0 Å². The molecule has 0 unspecified atom stereocenters. The van der Waals surface area contributed by atoms with Crippen molar-refractivity contribution in [2.45, 2.75) is 24.9 Å². The third kappa shape index (κ3) is 2.05. The molecular weight excluding hydrogens is 372 g/mol. The zero-order valence-electron chi connectivity index (χ0n) is 9.95. The second-order valence-corrected chi connectivity index (χ2v) is 5.82. The minimum atomic E-state index is -2.78. The maximum absolute atomic E-state index is 14.1. The van der Waals surface area contributed by atoms with Gasteiger partial charge in [-0.2, -0.15) is 10.2 Å². The first kappa shape index (κ1) is 12.9. The molecule has 0 saturated heterocycles. The summed E-state index contributed by atoms with van der Waals surface area (Å²) in [5.74, 6) is 0.122. The van der Waals surface area contributed by atoms with Crippen LogP contribution in [0.25, 0.3) is 5.82 Å². The number of aromatic nitrogens is 4. The largest absolute Gasteiger partial charge is 0.269 e. The molecule has 8 heteroatoms. The van der Waals surface area contributed by atoms with Crippen LogP contribution in [-0.4, -0.2) is 19.6 Å². The van der Waals surface area contributed by atoms with Gasteiger partial charge in [-0.1, -0.05) is 0 Å². The molecule has 2 aromatic heterocycles. The summed E-state index contributed by atoms with van der Waals surface area (Å²) in [4.78, 5) is 0. The molecule has 3 rings (SSSR count). The second-order valence-electron chi connectivity index (χ2n) is 4.58. The average Bonchev–Trinajstić information content (AvgIpc) is 2.79. The molecule has 0 N–H and O–H groups in total. The van der Waals surface area contributed by atoms with Gasteiger partial charge in [0.05, 0.1) is 15.3 Å². The summed E-state index contributed by atoms with van der Waals surface area (Å²) in [6.07, 6.45) is 0.865. The SMILES string of the molecule is Cn1nc(C2(F)CC2)c(C(F)F)c1-n1cc(I)cn1. The Morgan fingerprint density at radius 1 is 1.42 bits per heavy atom. The smallest absolute Gasteiger partial charge is 0.250 e. The van der Waals surface area contributed by atoms with Crippen LogP contribution in [0.2, 0.25) is 0 Å². The van der Waals surface area contributed by atoms with E-state index < -0.39 is 12.1 Å². The van der Waals surface area contributed by atoms with Crippen molar-refractivity contribution in [3.63, 3.8) is 0 Å². The number of halogens is 4. The lowest BCUT2D eigenvalue weighted by Crippen LogP contribution is -2.06. The molecule has 102 valence electrons. The fraction of sp³-hybridized carbons (Fsp3) is 0.455. The molecule has 0 bridgehead atoms. The quantitative estimate of drug-likeness (QED) is 0.765. The Labute approximate surface area is 120 Å². The van der Waals surface area contributed by atoms with Crippen molar-refractivity contribution in [3.05, 3.63) is 27.2 Å². The van der Waals surface area contributed by atoms with Crippen LogP contribution in [0.5, 0.6) is 0 Å². The van der Waals surface area contributed by atoms with E-state index in [4.69, 9.17) is 0 Å². The maximum atomic E-state index is 14.1. The predicted octanol–water partition coefficient (Wildman–Crippen LogP) is 3.11. The van der Waals surface area contributed by atoms with Gasteiger partial charge in [0.25, 0.3) is 6.43 Å². The van der Waals surface area contributed by atoms with E-state index in [0.29, 0.717) is 0 Å². The second kappa shape index (κ2) is 4.22. The minimum Gasteiger partial charge on any atom is -0.250 e. The molecule has 1 aliphatic carbocycles. The Morgan fingerprint density at radius 2 is 2.11 bits per heavy atom. The highest BCUT2D eigenvalue weighted by atomic mass is 127. The summed E-state index contributed by atoms with van der Waals surface area (Å²) in [6, 6.07) is 0. The molecule has 0 amide bonds. The van der Waals surface area contributed by atoms with Gasteiger partial charge in [-0.05, 0) is 35.4 Å². The molecule has 19 heavy (non-hydrogen) atoms. The van der Waals surface area contributed by atoms with E-state index in [0.717, 1.165) is 3.57 Å². The van der Waals surface area contributed by atoms with Crippen LogP contribution in [0.3, 0.4) is 0 Å². The van der Waals surface area contributed by atoms with Gasteiger partial charge >= 0.3 is 0 Å². The van der Waals surface area contributed by atoms with E-state index in [1.165, 1.54) is 16.4 Å². The van der Waals surface area contributed by atoms with Gasteiger partial charge < -0.3 is 0 Å². The molecule has 1 saturated carbocycles. The molecule has 0 aliphatic heterocycles. The number of hydrogen-bond donors (Lipinski definition) is 0. The molecule has 1 aliphatic rings. The molecule has 2 heterocycles. The van der Waals surface area contributed by atoms with E-state index in [9.17, 15) is 13.2 Å². The van der Waals surface area contributed by atoms with Crippen molar-refractivity contribution >= 4 is 22.6 Å². The standard InChI is InChI=1S/C11H10F3IN4/c1-18-10(19-5-6(15)4-16-19)7(9(12)13)8(17-18)11(14)2-3-11/h4-5,9H,2-3H2,1H3. The lowest BCUT2D eigenvalue weighted by Gasteiger charge is -2.07. The molecule has 0 spiro atoms. The van der Waals surface area contributed by atoms with E-state index in [-0.39, 0.29) is 29.9 Å². The number of alkyl halides is 3. The topological polar surface area (TPSA) is 35.6 Å². The van der Waals surface area contributed by atoms with Crippen LogP contribution in [0.1, 0.15) is 30.5 Å². The summed E-state index contributed by atoms with van der Waals surface area (Å²) in [5.41, 5.74) is -2.20. The Balaban J connectivity index is 2.21. The summed E-state index contributed by atoms with van der Waals surface area (Å²) < 4.78 is 44.1. The number of hydrogen-bond acceptors (Lipinski definition) is 2. The minimum absolute atomic E-state index is 0.122. The lowest BCUT2D eigenvalue weighted by molar-refractivity contribution is 0.146. The van der Waals surface area contributed by atoms with Crippen LogP contribution in [0.4, 0.5) is 13.2 Å². The van der Waals surface area contributed by atoms with Gasteiger partial charge in [-0.3, -0.25) is 4.68 Å². The zero-order chi connectivity index (χ0) is 13.8. The Hall–Kier alpha value is -1.06. The lowest BCUT2D eigenvalue weighted by atomic mass is 10.1. The van der Waals surface area contributed by atoms with Crippen LogP contribution in [-0.2, 0) is 12.7 Å². The monoisotopic (exact) mass is 382 g/mol. The highest BCUT2D eigenvalue weighted by molar-refractivity contribution is 14.1. The number of aryl methyl sites for hydroxylation is 1. The highest BCUT2D eigenvalue weighted by Crippen LogP contribution is 2.52. The molecule has 0 radical (unpaired) electrons. The van der Waals surface area contributed by atoms with Gasteiger partial charge in [0, 0.05) is 13.2 Å². The van der Waals surface area contributed by atoms with Gasteiger partial charge in [0.2, 0.25) is 0 Å². The summed E-state index contributed by atoms with van der Waals surface area (Å²) >= 11 is 2.03. The van der Waals surface area contributed by atoms with Crippen LogP contribution in [0.15, 0.2) is 12.4 Å². The van der Waals surface area contributed by atoms with Gasteiger partial charge in [-0.25, -0.2) is 17.9 Å². The van der Waals surface area contributed by atoms with Gasteiger partial charge in [-0.15, -0.1) is 0 Å². The zero-order valence-corrected chi connectivity index (χ0v) is 12.1. The molecule has 2 aromatic rings. The first-order valence-electron chi connectivity index (χ1n) is 5.67. The summed E-state index contributed by atoms with van der Waals surface area (Å²) in [7, 11) is 1.52. The number of rotatable bonds is 3. The van der Waals surface area contributed by atoms with Crippen LogP contribution < -0.4 is 0 Å². The molecular formula is C11H10F3IN4. The Morgan fingerprint density at radius 3 is 2.58 bits per heavy atom. The maximum Gasteiger partial charge on any atom is 0.269 e. The van der Waals surface area contributed by atoms with Crippen molar-refractivity contribution < 1.29 is 13.2 Å². The summed E-state index contributed by atoms with van der Waals surface area (Å²) in [5, 5.41) is 7.95. The highest BCUT2D eigenvalue weighted by Gasteiger charge is 2.51. The van der Waals surface area contributed by atoms with Gasteiger partial charge in [0.1, 0.15) is 5.69 Å². The van der Waals surface area contributed by atoms with Crippen molar-refractivity contribution in [1.29, 1.82) is 0 Å². The number of nitrogens with zero attached hydrogens (tertiary/aromatic N) is 4. The van der Waals surface area contributed by atoms with Crippen LogP contribution in [0, 0.1) is 3.57 Å². The fourth-order valence-corrected chi connectivity index (χ4v) is 2.49. The normalized spacial score (nSPS) is 17.2. The third-order valence-electron chi connectivity index (χ3n) is 3.15. The molecule has 0 atom stereocenters. The van der Waals surface area contributed by atoms with E-state index >= 15 is 0 Å². The van der Waals surface area contributed by atoms with Crippen LogP contribution >= 0.6 is 22.6 Å². The average molecular weight is 382 g/mol. The van der Waals surface area contributed by atoms with Crippen molar-refractivity contribution in [1.82, 2.24) is 19.6 Å². The molecule has 1 fully saturated rings. The molecule has 0 aromatic carbocycles. The third-order valence-corrected chi connectivity index (χ3v) is 3.71. The molecule has 4 nitrogen and oxygen atoms in total. The first-order chi connectivity index (χ1) is 8.92. The Bertz CT molecular complexity index is 630. The van der Waals surface area contributed by atoms with E-state index in [1.807, 2.05) is 22.6 Å². The first-order valence-corrected chi connectivity index (χ1v) is 6.75. The van der Waals surface area contributed by atoms with Crippen molar-refractivity contribution in [2.24, 2.45) is 7.05 Å². The van der Waals surface area contributed by atoms with Crippen molar-refractivity contribution in [3.8, 4) is 5.82 Å². The summed E-state index contributed by atoms with van der Waals surface area (Å²) in [6.45, 7) is 0. The van der Waals surface area contributed by atoms with E-state index in [1.54, 1.807) is 12.4 Å². The Kier molecular flexibility index (Phi) is 2.88. The van der Waals surface area contributed by atoms with Gasteiger partial charge in [0.15, 0.2) is 11.5 Å².